The lowest BCUT2D eigenvalue weighted by Crippen LogP contribution is -2.35. The van der Waals surface area contributed by atoms with Crippen LogP contribution in [-0.2, 0) is 4.79 Å². The van der Waals surface area contributed by atoms with Gasteiger partial charge in [0, 0.05) is 38.8 Å². The Morgan fingerprint density at radius 2 is 1.86 bits per heavy atom. The molecule has 1 unspecified atom stereocenters. The summed E-state index contributed by atoms with van der Waals surface area (Å²) in [5.74, 6) is 2.99. The maximum atomic E-state index is 12.5. The van der Waals surface area contributed by atoms with Crippen LogP contribution in [0.15, 0.2) is 42.6 Å². The predicted octanol–water partition coefficient (Wildman–Crippen LogP) is 3.43. The molecule has 4 rings (SSSR count). The molecule has 2 aliphatic carbocycles. The zero-order valence-electron chi connectivity index (χ0n) is 17.3. The molecule has 6 nitrogen and oxygen atoms in total. The summed E-state index contributed by atoms with van der Waals surface area (Å²) >= 11 is 0. The lowest BCUT2D eigenvalue weighted by molar-refractivity contribution is -0.122. The van der Waals surface area contributed by atoms with Crippen LogP contribution in [0.25, 0.3) is 0 Å². The van der Waals surface area contributed by atoms with Crippen LogP contribution in [0.1, 0.15) is 43.6 Å². The Balaban J connectivity index is 1.18. The fraction of sp³-hybridized carbons (Fsp3) is 0.522. The predicted molar refractivity (Wildman–Crippen MR) is 116 cm³/mol. The van der Waals surface area contributed by atoms with Gasteiger partial charge in [-0.05, 0) is 55.6 Å². The highest BCUT2D eigenvalue weighted by Gasteiger charge is 2.43. The smallest absolute Gasteiger partial charge is 0.224 e. The molecule has 1 aromatic heterocycles. The summed E-state index contributed by atoms with van der Waals surface area (Å²) in [6.45, 7) is 0.802. The van der Waals surface area contributed by atoms with Gasteiger partial charge in [-0.3, -0.25) is 4.79 Å². The highest BCUT2D eigenvalue weighted by Crippen LogP contribution is 2.47. The van der Waals surface area contributed by atoms with Crippen LogP contribution < -0.4 is 15.5 Å². The summed E-state index contributed by atoms with van der Waals surface area (Å²) in [7, 11) is 3.96. The van der Waals surface area contributed by atoms with Gasteiger partial charge in [-0.1, -0.05) is 30.3 Å². The van der Waals surface area contributed by atoms with E-state index in [1.807, 2.05) is 31.1 Å². The molecule has 0 aliphatic heterocycles. The zero-order chi connectivity index (χ0) is 20.2. The number of anilines is 2. The Morgan fingerprint density at radius 3 is 2.59 bits per heavy atom. The second-order valence-corrected chi connectivity index (χ2v) is 8.60. The molecule has 2 aromatic rings. The van der Waals surface area contributed by atoms with E-state index in [0.29, 0.717) is 23.8 Å². The zero-order valence-corrected chi connectivity index (χ0v) is 17.3. The quantitative estimate of drug-likeness (QED) is 0.754. The number of nitrogens with zero attached hydrogens (tertiary/aromatic N) is 3. The van der Waals surface area contributed by atoms with Crippen molar-refractivity contribution in [3.63, 3.8) is 0 Å². The lowest BCUT2D eigenvalue weighted by Gasteiger charge is -2.29. The van der Waals surface area contributed by atoms with E-state index in [1.54, 1.807) is 6.20 Å². The highest BCUT2D eigenvalue weighted by atomic mass is 16.2. The van der Waals surface area contributed by atoms with E-state index in [9.17, 15) is 4.79 Å². The van der Waals surface area contributed by atoms with E-state index in [-0.39, 0.29) is 11.8 Å². The number of carbonyl (C=O) groups excluding carboxylic acids is 1. The second-order valence-electron chi connectivity index (χ2n) is 8.60. The van der Waals surface area contributed by atoms with Crippen molar-refractivity contribution in [3.8, 4) is 0 Å². The summed E-state index contributed by atoms with van der Waals surface area (Å²) in [6.07, 6.45) is 7.21. The molecule has 154 valence electrons. The molecule has 1 heterocycles. The molecular formula is C23H31N5O. The standard InChI is InChI=1S/C23H31N5O/c1-28(2)21-12-13-24-23(27-21)26-18-10-8-16(9-11-18)15-25-22(29)20-14-19(20)17-6-4-3-5-7-17/h3-7,12-13,16,18-20H,8-11,14-15H2,1-2H3,(H,25,29)(H,24,26,27)/t16?,18?,19-,20?/m0/s1. The number of hydrogen-bond donors (Lipinski definition) is 2. The van der Waals surface area contributed by atoms with E-state index in [2.05, 4.69) is 44.9 Å². The van der Waals surface area contributed by atoms with Crippen molar-refractivity contribution >= 4 is 17.7 Å². The molecule has 29 heavy (non-hydrogen) atoms. The molecule has 0 spiro atoms. The first-order valence-corrected chi connectivity index (χ1v) is 10.7. The van der Waals surface area contributed by atoms with Crippen molar-refractivity contribution in [3.05, 3.63) is 48.2 Å². The summed E-state index contributed by atoms with van der Waals surface area (Å²) < 4.78 is 0. The fourth-order valence-electron chi connectivity index (χ4n) is 4.29. The van der Waals surface area contributed by atoms with Gasteiger partial charge in [0.15, 0.2) is 0 Å². The number of hydrogen-bond acceptors (Lipinski definition) is 5. The Bertz CT molecular complexity index is 817. The van der Waals surface area contributed by atoms with Crippen molar-refractivity contribution < 1.29 is 4.79 Å². The third kappa shape index (κ3) is 5.05. The summed E-state index contributed by atoms with van der Waals surface area (Å²) in [5.41, 5.74) is 1.29. The van der Waals surface area contributed by atoms with Crippen LogP contribution in [0.3, 0.4) is 0 Å². The van der Waals surface area contributed by atoms with Crippen molar-refractivity contribution in [2.45, 2.75) is 44.1 Å². The molecular weight excluding hydrogens is 362 g/mol. The third-order valence-electron chi connectivity index (χ3n) is 6.20. The number of benzene rings is 1. The Morgan fingerprint density at radius 1 is 1.10 bits per heavy atom. The van der Waals surface area contributed by atoms with Crippen LogP contribution in [0, 0.1) is 11.8 Å². The fourth-order valence-corrected chi connectivity index (χ4v) is 4.29. The lowest BCUT2D eigenvalue weighted by atomic mass is 9.86. The van der Waals surface area contributed by atoms with Gasteiger partial charge in [0.2, 0.25) is 11.9 Å². The van der Waals surface area contributed by atoms with Gasteiger partial charge in [-0.2, -0.15) is 4.98 Å². The van der Waals surface area contributed by atoms with Gasteiger partial charge in [0.1, 0.15) is 5.82 Å². The number of aromatic nitrogens is 2. The van der Waals surface area contributed by atoms with Crippen LogP contribution in [0.5, 0.6) is 0 Å². The molecule has 2 saturated carbocycles. The number of amides is 1. The third-order valence-corrected chi connectivity index (χ3v) is 6.20. The average Bonchev–Trinajstić information content (AvgIpc) is 3.55. The van der Waals surface area contributed by atoms with Gasteiger partial charge in [-0.25, -0.2) is 4.98 Å². The van der Waals surface area contributed by atoms with Gasteiger partial charge in [-0.15, -0.1) is 0 Å². The first-order valence-electron chi connectivity index (χ1n) is 10.7. The van der Waals surface area contributed by atoms with E-state index in [0.717, 1.165) is 44.5 Å². The monoisotopic (exact) mass is 393 g/mol. The molecule has 6 heteroatoms. The molecule has 0 radical (unpaired) electrons. The summed E-state index contributed by atoms with van der Waals surface area (Å²) in [6, 6.07) is 12.7. The van der Waals surface area contributed by atoms with Gasteiger partial charge >= 0.3 is 0 Å². The van der Waals surface area contributed by atoms with Gasteiger partial charge < -0.3 is 15.5 Å². The van der Waals surface area contributed by atoms with E-state index in [4.69, 9.17) is 0 Å². The first-order chi connectivity index (χ1) is 14.1. The van der Waals surface area contributed by atoms with Gasteiger partial charge in [0.05, 0.1) is 0 Å². The molecule has 2 fully saturated rings. The topological polar surface area (TPSA) is 70.2 Å². The maximum Gasteiger partial charge on any atom is 0.224 e. The normalized spacial score (nSPS) is 25.9. The number of carbonyl (C=O) groups is 1. The van der Waals surface area contributed by atoms with E-state index in [1.165, 1.54) is 5.56 Å². The molecule has 0 bridgehead atoms. The van der Waals surface area contributed by atoms with Crippen LogP contribution in [0.2, 0.25) is 0 Å². The Labute approximate surface area is 173 Å². The average molecular weight is 394 g/mol. The first kappa shape index (κ1) is 19.7. The minimum Gasteiger partial charge on any atom is -0.363 e. The van der Waals surface area contributed by atoms with E-state index >= 15 is 0 Å². The van der Waals surface area contributed by atoms with Crippen LogP contribution in [0.4, 0.5) is 11.8 Å². The van der Waals surface area contributed by atoms with Crippen molar-refractivity contribution in [2.75, 3.05) is 30.9 Å². The summed E-state index contributed by atoms with van der Waals surface area (Å²) in [5, 5.41) is 6.69. The number of rotatable bonds is 7. The minimum absolute atomic E-state index is 0.163. The highest BCUT2D eigenvalue weighted by molar-refractivity contribution is 5.82. The van der Waals surface area contributed by atoms with Crippen LogP contribution >= 0.6 is 0 Å². The Kier molecular flexibility index (Phi) is 5.97. The van der Waals surface area contributed by atoms with Gasteiger partial charge in [0.25, 0.3) is 0 Å². The summed E-state index contributed by atoms with van der Waals surface area (Å²) in [4.78, 5) is 23.4. The van der Waals surface area contributed by atoms with Crippen molar-refractivity contribution in [2.24, 2.45) is 11.8 Å². The molecule has 2 N–H and O–H groups in total. The maximum absolute atomic E-state index is 12.5. The molecule has 2 aliphatic rings. The van der Waals surface area contributed by atoms with Crippen LogP contribution in [-0.4, -0.2) is 42.6 Å². The second kappa shape index (κ2) is 8.80. The van der Waals surface area contributed by atoms with Crippen molar-refractivity contribution in [1.82, 2.24) is 15.3 Å². The molecule has 2 atom stereocenters. The Hall–Kier alpha value is -2.63. The minimum atomic E-state index is 0.163. The largest absolute Gasteiger partial charge is 0.363 e. The van der Waals surface area contributed by atoms with E-state index < -0.39 is 0 Å². The number of nitrogens with one attached hydrogen (secondary N) is 2. The molecule has 0 saturated heterocycles. The molecule has 1 aromatic carbocycles. The van der Waals surface area contributed by atoms with Crippen molar-refractivity contribution in [1.29, 1.82) is 0 Å². The SMILES string of the molecule is CN(C)c1ccnc(NC2CCC(CNC(=O)C3C[C@H]3c3ccccc3)CC2)n1. The molecule has 1 amide bonds.